The lowest BCUT2D eigenvalue weighted by molar-refractivity contribution is 0.0888. The van der Waals surface area contributed by atoms with Crippen LogP contribution in [0.4, 0.5) is 0 Å². The second-order valence-electron chi connectivity index (χ2n) is 6.73. The lowest BCUT2D eigenvalue weighted by atomic mass is 10.1. The van der Waals surface area contributed by atoms with Crippen LogP contribution in [0.2, 0.25) is 0 Å². The number of hydrogen-bond donors (Lipinski definition) is 2. The molecular weight excluding hydrogens is 483 g/mol. The molecule has 8 nitrogen and oxygen atoms in total. The Hall–Kier alpha value is -1.72. The lowest BCUT2D eigenvalue weighted by Crippen LogP contribution is -2.38. The Labute approximate surface area is 189 Å². The van der Waals surface area contributed by atoms with Gasteiger partial charge in [-0.2, -0.15) is 0 Å². The van der Waals surface area contributed by atoms with E-state index in [1.54, 1.807) is 6.33 Å². The summed E-state index contributed by atoms with van der Waals surface area (Å²) in [7, 11) is 0. The highest BCUT2D eigenvalue weighted by Crippen LogP contribution is 2.12. The molecule has 1 unspecified atom stereocenters. The molecule has 2 aromatic rings. The molecule has 3 rings (SSSR count). The van der Waals surface area contributed by atoms with Crippen molar-refractivity contribution in [3.05, 3.63) is 42.5 Å². The van der Waals surface area contributed by atoms with E-state index in [0.29, 0.717) is 12.5 Å². The number of aliphatic imine (C=N–C) groups is 1. The number of nitrogens with zero attached hydrogens (tertiary/aromatic N) is 4. The minimum absolute atomic E-state index is 0. The molecule has 0 bridgehead atoms. The number of ether oxygens (including phenoxy) is 2. The molecular formula is C20H31IN6O2. The highest BCUT2D eigenvalue weighted by molar-refractivity contribution is 14.0. The number of benzene rings is 1. The summed E-state index contributed by atoms with van der Waals surface area (Å²) >= 11 is 0. The first-order valence-electron chi connectivity index (χ1n) is 9.98. The molecule has 0 spiro atoms. The van der Waals surface area contributed by atoms with Crippen LogP contribution < -0.4 is 10.6 Å². The Balaban J connectivity index is 0.00000300. The Morgan fingerprint density at radius 2 is 2.17 bits per heavy atom. The average Bonchev–Trinajstić information content (AvgIpc) is 3.41. The standard InChI is InChI=1S/C20H30N6O2.HI/c1-2-21-20(22-10-6-11-27-14-17-9-12-28-15-17)23-13-19-25-24-16-26(19)18-7-4-3-5-8-18;/h3-5,7-8,16-17H,2,6,9-15H2,1H3,(H2,21,22,23);1H. The van der Waals surface area contributed by atoms with Crippen molar-refractivity contribution in [2.24, 2.45) is 10.9 Å². The molecule has 1 atom stereocenters. The first-order chi connectivity index (χ1) is 13.9. The molecule has 9 heteroatoms. The van der Waals surface area contributed by atoms with Crippen LogP contribution in [-0.2, 0) is 16.0 Å². The van der Waals surface area contributed by atoms with Crippen molar-refractivity contribution in [1.82, 2.24) is 25.4 Å². The van der Waals surface area contributed by atoms with Gasteiger partial charge in [0, 0.05) is 37.9 Å². The van der Waals surface area contributed by atoms with E-state index >= 15 is 0 Å². The van der Waals surface area contributed by atoms with Gasteiger partial charge in [0.15, 0.2) is 11.8 Å². The van der Waals surface area contributed by atoms with Crippen molar-refractivity contribution in [2.75, 3.05) is 39.5 Å². The van der Waals surface area contributed by atoms with Crippen molar-refractivity contribution < 1.29 is 9.47 Å². The second kappa shape index (κ2) is 13.5. The van der Waals surface area contributed by atoms with Crippen LogP contribution in [0, 0.1) is 5.92 Å². The van der Waals surface area contributed by atoms with Crippen molar-refractivity contribution in [3.63, 3.8) is 0 Å². The topological polar surface area (TPSA) is 85.6 Å². The van der Waals surface area contributed by atoms with E-state index in [4.69, 9.17) is 9.47 Å². The van der Waals surface area contributed by atoms with E-state index < -0.39 is 0 Å². The van der Waals surface area contributed by atoms with Gasteiger partial charge in [-0.1, -0.05) is 18.2 Å². The van der Waals surface area contributed by atoms with Gasteiger partial charge in [-0.25, -0.2) is 4.99 Å². The van der Waals surface area contributed by atoms with Crippen LogP contribution in [0.25, 0.3) is 5.69 Å². The van der Waals surface area contributed by atoms with Gasteiger partial charge < -0.3 is 20.1 Å². The zero-order valence-corrected chi connectivity index (χ0v) is 19.2. The maximum absolute atomic E-state index is 5.74. The van der Waals surface area contributed by atoms with E-state index in [0.717, 1.165) is 69.8 Å². The molecule has 1 aromatic carbocycles. The van der Waals surface area contributed by atoms with Gasteiger partial charge >= 0.3 is 0 Å². The van der Waals surface area contributed by atoms with Gasteiger partial charge in [0.2, 0.25) is 0 Å². The molecule has 1 fully saturated rings. The Morgan fingerprint density at radius 1 is 1.31 bits per heavy atom. The molecule has 0 radical (unpaired) electrons. The molecule has 0 aliphatic carbocycles. The Kier molecular flexibility index (Phi) is 11.0. The summed E-state index contributed by atoms with van der Waals surface area (Å²) in [5.41, 5.74) is 1.03. The van der Waals surface area contributed by atoms with Crippen LogP contribution in [0.1, 0.15) is 25.6 Å². The van der Waals surface area contributed by atoms with Crippen molar-refractivity contribution in [1.29, 1.82) is 0 Å². The number of guanidine groups is 1. The summed E-state index contributed by atoms with van der Waals surface area (Å²) in [6, 6.07) is 10.0. The molecule has 1 aromatic heterocycles. The van der Waals surface area contributed by atoms with E-state index in [1.807, 2.05) is 34.9 Å². The first kappa shape index (κ1) is 23.6. The van der Waals surface area contributed by atoms with Crippen LogP contribution in [-0.4, -0.2) is 60.2 Å². The zero-order valence-electron chi connectivity index (χ0n) is 16.9. The minimum Gasteiger partial charge on any atom is -0.381 e. The smallest absolute Gasteiger partial charge is 0.191 e. The highest BCUT2D eigenvalue weighted by Gasteiger charge is 2.15. The van der Waals surface area contributed by atoms with Crippen LogP contribution >= 0.6 is 24.0 Å². The SMILES string of the molecule is CCNC(=NCc1nncn1-c1ccccc1)NCCCOCC1CCOC1.I. The van der Waals surface area contributed by atoms with Crippen molar-refractivity contribution in [2.45, 2.75) is 26.3 Å². The van der Waals surface area contributed by atoms with E-state index in [-0.39, 0.29) is 24.0 Å². The normalized spacial score (nSPS) is 16.4. The lowest BCUT2D eigenvalue weighted by Gasteiger charge is -2.12. The molecule has 2 heterocycles. The third-order valence-corrected chi connectivity index (χ3v) is 4.51. The van der Waals surface area contributed by atoms with Gasteiger partial charge in [-0.15, -0.1) is 34.2 Å². The summed E-state index contributed by atoms with van der Waals surface area (Å²) in [5, 5.41) is 14.8. The minimum atomic E-state index is 0. The van der Waals surface area contributed by atoms with Crippen LogP contribution in [0.5, 0.6) is 0 Å². The predicted molar refractivity (Wildman–Crippen MR) is 124 cm³/mol. The molecule has 0 saturated carbocycles. The molecule has 1 aliphatic rings. The predicted octanol–water partition coefficient (Wildman–Crippen LogP) is 2.38. The number of nitrogens with one attached hydrogen (secondary N) is 2. The summed E-state index contributed by atoms with van der Waals surface area (Å²) in [6.45, 7) is 7.35. The van der Waals surface area contributed by atoms with E-state index in [9.17, 15) is 0 Å². The van der Waals surface area contributed by atoms with Crippen LogP contribution in [0.15, 0.2) is 41.7 Å². The first-order valence-corrected chi connectivity index (χ1v) is 9.98. The summed E-state index contributed by atoms with van der Waals surface area (Å²) in [4.78, 5) is 4.64. The Bertz CT molecular complexity index is 719. The van der Waals surface area contributed by atoms with Gasteiger partial charge in [0.1, 0.15) is 12.9 Å². The zero-order chi connectivity index (χ0) is 19.4. The van der Waals surface area contributed by atoms with Crippen LogP contribution in [0.3, 0.4) is 0 Å². The summed E-state index contributed by atoms with van der Waals surface area (Å²) < 4.78 is 13.1. The second-order valence-corrected chi connectivity index (χ2v) is 6.73. The van der Waals surface area contributed by atoms with Crippen molar-refractivity contribution >= 4 is 29.9 Å². The van der Waals surface area contributed by atoms with Gasteiger partial charge in [0.25, 0.3) is 0 Å². The fraction of sp³-hybridized carbons (Fsp3) is 0.550. The largest absolute Gasteiger partial charge is 0.381 e. The van der Waals surface area contributed by atoms with Gasteiger partial charge in [-0.05, 0) is 31.9 Å². The number of rotatable bonds is 10. The Morgan fingerprint density at radius 3 is 2.93 bits per heavy atom. The molecule has 1 aliphatic heterocycles. The van der Waals surface area contributed by atoms with Gasteiger partial charge in [-0.3, -0.25) is 4.57 Å². The monoisotopic (exact) mass is 514 g/mol. The van der Waals surface area contributed by atoms with Crippen molar-refractivity contribution in [3.8, 4) is 5.69 Å². The fourth-order valence-electron chi connectivity index (χ4n) is 3.01. The van der Waals surface area contributed by atoms with E-state index in [1.165, 1.54) is 0 Å². The fourth-order valence-corrected chi connectivity index (χ4v) is 3.01. The van der Waals surface area contributed by atoms with Gasteiger partial charge in [0.05, 0.1) is 13.2 Å². The molecule has 1 saturated heterocycles. The average molecular weight is 514 g/mol. The quantitative estimate of drug-likeness (QED) is 0.219. The highest BCUT2D eigenvalue weighted by atomic mass is 127. The third kappa shape index (κ3) is 7.90. The molecule has 2 N–H and O–H groups in total. The number of hydrogen-bond acceptors (Lipinski definition) is 5. The molecule has 29 heavy (non-hydrogen) atoms. The molecule has 160 valence electrons. The molecule has 0 amide bonds. The van der Waals surface area contributed by atoms with E-state index in [2.05, 4.69) is 32.7 Å². The number of para-hydroxylation sites is 1. The third-order valence-electron chi connectivity index (χ3n) is 4.51. The number of aromatic nitrogens is 3. The summed E-state index contributed by atoms with van der Waals surface area (Å²) in [5.74, 6) is 2.13. The maximum atomic E-state index is 5.74. The number of halogens is 1. The maximum Gasteiger partial charge on any atom is 0.191 e. The summed E-state index contributed by atoms with van der Waals surface area (Å²) in [6.07, 6.45) is 3.76.